The number of fused-ring (bicyclic) bond motifs is 1. The van der Waals surface area contributed by atoms with E-state index in [1.54, 1.807) is 18.3 Å². The minimum Gasteiger partial charge on any atom is -0.465 e. The number of methoxy groups -OCH3 is 1. The molecule has 0 aliphatic heterocycles. The number of pyridine rings is 1. The summed E-state index contributed by atoms with van der Waals surface area (Å²) in [6.07, 6.45) is 1.79. The molecule has 22 heavy (non-hydrogen) atoms. The maximum absolute atomic E-state index is 11.4. The highest BCUT2D eigenvalue weighted by atomic mass is 16.5. The van der Waals surface area contributed by atoms with Gasteiger partial charge >= 0.3 is 5.97 Å². The van der Waals surface area contributed by atoms with Gasteiger partial charge in [-0.05, 0) is 42.0 Å². The second-order valence-electron chi connectivity index (χ2n) is 4.92. The SMILES string of the molecule is COC(=O)c1ccc(CNc2cccc3ncccc23)cc1. The highest BCUT2D eigenvalue weighted by molar-refractivity contribution is 5.91. The van der Waals surface area contributed by atoms with Gasteiger partial charge in [0, 0.05) is 23.8 Å². The van der Waals surface area contributed by atoms with Crippen molar-refractivity contribution in [1.82, 2.24) is 4.98 Å². The minimum atomic E-state index is -0.320. The summed E-state index contributed by atoms with van der Waals surface area (Å²) in [5.74, 6) is -0.320. The lowest BCUT2D eigenvalue weighted by molar-refractivity contribution is 0.0600. The van der Waals surface area contributed by atoms with E-state index >= 15 is 0 Å². The van der Waals surface area contributed by atoms with Crippen LogP contribution in [0.5, 0.6) is 0 Å². The molecule has 1 N–H and O–H groups in total. The maximum atomic E-state index is 11.4. The highest BCUT2D eigenvalue weighted by Crippen LogP contribution is 2.21. The van der Waals surface area contributed by atoms with Crippen molar-refractivity contribution in [1.29, 1.82) is 0 Å². The number of hydrogen-bond donors (Lipinski definition) is 1. The van der Waals surface area contributed by atoms with E-state index in [0.29, 0.717) is 12.1 Å². The second-order valence-corrected chi connectivity index (χ2v) is 4.92. The molecule has 0 amide bonds. The van der Waals surface area contributed by atoms with Crippen molar-refractivity contribution in [3.05, 3.63) is 71.9 Å². The van der Waals surface area contributed by atoms with E-state index in [1.165, 1.54) is 7.11 Å². The summed E-state index contributed by atoms with van der Waals surface area (Å²) >= 11 is 0. The molecule has 0 spiro atoms. The Morgan fingerprint density at radius 2 is 1.91 bits per heavy atom. The number of ether oxygens (including phenoxy) is 1. The summed E-state index contributed by atoms with van der Waals surface area (Å²) in [4.78, 5) is 15.8. The lowest BCUT2D eigenvalue weighted by Crippen LogP contribution is -2.03. The molecular formula is C18H16N2O2. The number of carbonyl (C=O) groups excluding carboxylic acids is 1. The van der Waals surface area contributed by atoms with E-state index in [4.69, 9.17) is 4.74 Å². The zero-order chi connectivity index (χ0) is 15.4. The molecule has 0 radical (unpaired) electrons. The van der Waals surface area contributed by atoms with Gasteiger partial charge in [0.05, 0.1) is 18.2 Å². The van der Waals surface area contributed by atoms with Gasteiger partial charge in [0.25, 0.3) is 0 Å². The van der Waals surface area contributed by atoms with Crippen molar-refractivity contribution < 1.29 is 9.53 Å². The number of nitrogens with zero attached hydrogens (tertiary/aromatic N) is 1. The summed E-state index contributed by atoms with van der Waals surface area (Å²) in [5, 5.41) is 4.50. The third kappa shape index (κ3) is 2.91. The molecule has 0 unspecified atom stereocenters. The summed E-state index contributed by atoms with van der Waals surface area (Å²) in [7, 11) is 1.38. The Hall–Kier alpha value is -2.88. The summed E-state index contributed by atoms with van der Waals surface area (Å²) in [5.41, 5.74) is 3.66. The Labute approximate surface area is 128 Å². The first kappa shape index (κ1) is 14.1. The van der Waals surface area contributed by atoms with Crippen molar-refractivity contribution in [3.63, 3.8) is 0 Å². The molecule has 1 heterocycles. The lowest BCUT2D eigenvalue weighted by Gasteiger charge is -2.10. The molecule has 1 aromatic heterocycles. The molecule has 110 valence electrons. The van der Waals surface area contributed by atoms with Gasteiger partial charge in [-0.15, -0.1) is 0 Å². The van der Waals surface area contributed by atoms with E-state index < -0.39 is 0 Å². The smallest absolute Gasteiger partial charge is 0.337 e. The molecule has 0 atom stereocenters. The van der Waals surface area contributed by atoms with Crippen LogP contribution in [0.25, 0.3) is 10.9 Å². The lowest BCUT2D eigenvalue weighted by atomic mass is 10.1. The zero-order valence-corrected chi connectivity index (χ0v) is 12.2. The first-order valence-corrected chi connectivity index (χ1v) is 7.03. The molecule has 0 aliphatic rings. The van der Waals surface area contributed by atoms with Crippen LogP contribution in [0.4, 0.5) is 5.69 Å². The van der Waals surface area contributed by atoms with Crippen LogP contribution >= 0.6 is 0 Å². The fourth-order valence-corrected chi connectivity index (χ4v) is 2.33. The first-order chi connectivity index (χ1) is 10.8. The van der Waals surface area contributed by atoms with Crippen LogP contribution in [0.1, 0.15) is 15.9 Å². The number of aromatic nitrogens is 1. The average Bonchev–Trinajstić information content (AvgIpc) is 2.59. The third-order valence-corrected chi connectivity index (χ3v) is 3.50. The number of rotatable bonds is 4. The topological polar surface area (TPSA) is 51.2 Å². The van der Waals surface area contributed by atoms with Gasteiger partial charge in [-0.1, -0.05) is 18.2 Å². The van der Waals surface area contributed by atoms with Gasteiger partial charge in [0.1, 0.15) is 0 Å². The molecule has 0 aliphatic carbocycles. The van der Waals surface area contributed by atoms with Gasteiger partial charge in [-0.2, -0.15) is 0 Å². The quantitative estimate of drug-likeness (QED) is 0.746. The van der Waals surface area contributed by atoms with Crippen molar-refractivity contribution >= 4 is 22.6 Å². The summed E-state index contributed by atoms with van der Waals surface area (Å²) < 4.78 is 4.69. The van der Waals surface area contributed by atoms with Gasteiger partial charge < -0.3 is 10.1 Å². The molecule has 3 aromatic rings. The van der Waals surface area contributed by atoms with E-state index in [2.05, 4.69) is 10.3 Å². The molecule has 0 bridgehead atoms. The third-order valence-electron chi connectivity index (χ3n) is 3.50. The Kier molecular flexibility index (Phi) is 4.01. The van der Waals surface area contributed by atoms with Gasteiger partial charge in [0.2, 0.25) is 0 Å². The van der Waals surface area contributed by atoms with Gasteiger partial charge in [-0.3, -0.25) is 4.98 Å². The molecular weight excluding hydrogens is 276 g/mol. The van der Waals surface area contributed by atoms with Crippen LogP contribution in [0.15, 0.2) is 60.8 Å². The Bertz CT molecular complexity index is 792. The van der Waals surface area contributed by atoms with Crippen molar-refractivity contribution in [2.75, 3.05) is 12.4 Å². The number of nitrogens with one attached hydrogen (secondary N) is 1. The second kappa shape index (κ2) is 6.26. The minimum absolute atomic E-state index is 0.320. The van der Waals surface area contributed by atoms with Crippen LogP contribution in [-0.4, -0.2) is 18.1 Å². The van der Waals surface area contributed by atoms with Crippen molar-refractivity contribution in [2.45, 2.75) is 6.54 Å². The van der Waals surface area contributed by atoms with E-state index in [0.717, 1.165) is 22.2 Å². The molecule has 2 aromatic carbocycles. The van der Waals surface area contributed by atoms with Crippen LogP contribution in [0, 0.1) is 0 Å². The average molecular weight is 292 g/mol. The number of hydrogen-bond acceptors (Lipinski definition) is 4. The van der Waals surface area contributed by atoms with E-state index in [1.807, 2.05) is 42.5 Å². The Morgan fingerprint density at radius 3 is 2.68 bits per heavy atom. The predicted molar refractivity (Wildman–Crippen MR) is 86.9 cm³/mol. The summed E-state index contributed by atoms with van der Waals surface area (Å²) in [6, 6.07) is 17.4. The highest BCUT2D eigenvalue weighted by Gasteiger charge is 2.05. The fraction of sp³-hybridized carbons (Fsp3) is 0.111. The molecule has 4 heteroatoms. The first-order valence-electron chi connectivity index (χ1n) is 7.03. The Balaban J connectivity index is 1.75. The van der Waals surface area contributed by atoms with Crippen LogP contribution in [0.2, 0.25) is 0 Å². The molecule has 0 saturated heterocycles. The van der Waals surface area contributed by atoms with Crippen LogP contribution in [-0.2, 0) is 11.3 Å². The number of anilines is 1. The molecule has 4 nitrogen and oxygen atoms in total. The monoisotopic (exact) mass is 292 g/mol. The summed E-state index contributed by atoms with van der Waals surface area (Å²) in [6.45, 7) is 0.676. The molecule has 0 saturated carbocycles. The Morgan fingerprint density at radius 1 is 1.09 bits per heavy atom. The molecule has 3 rings (SSSR count). The van der Waals surface area contributed by atoms with Crippen LogP contribution in [0.3, 0.4) is 0 Å². The number of carbonyl (C=O) groups is 1. The van der Waals surface area contributed by atoms with Crippen molar-refractivity contribution in [2.24, 2.45) is 0 Å². The number of esters is 1. The van der Waals surface area contributed by atoms with E-state index in [-0.39, 0.29) is 5.97 Å². The standard InChI is InChI=1S/C18H16N2O2/c1-22-18(21)14-9-7-13(8-10-14)12-20-17-6-2-5-16-15(17)4-3-11-19-16/h2-11,20H,12H2,1H3. The van der Waals surface area contributed by atoms with Crippen LogP contribution < -0.4 is 5.32 Å². The fourth-order valence-electron chi connectivity index (χ4n) is 2.33. The largest absolute Gasteiger partial charge is 0.465 e. The van der Waals surface area contributed by atoms with E-state index in [9.17, 15) is 4.79 Å². The number of benzene rings is 2. The normalized spacial score (nSPS) is 10.4. The maximum Gasteiger partial charge on any atom is 0.337 e. The van der Waals surface area contributed by atoms with Gasteiger partial charge in [-0.25, -0.2) is 4.79 Å². The van der Waals surface area contributed by atoms with Gasteiger partial charge in [0.15, 0.2) is 0 Å². The predicted octanol–water partition coefficient (Wildman–Crippen LogP) is 3.63. The zero-order valence-electron chi connectivity index (χ0n) is 12.2. The molecule has 0 fully saturated rings. The van der Waals surface area contributed by atoms with Crippen molar-refractivity contribution in [3.8, 4) is 0 Å².